The smallest absolute Gasteiger partial charge is 0.364 e. The van der Waals surface area contributed by atoms with Gasteiger partial charge in [-0.15, -0.1) is 5.10 Å². The molecule has 0 aliphatic carbocycles. The zero-order valence-electron chi connectivity index (χ0n) is 16.4. The van der Waals surface area contributed by atoms with Crippen molar-refractivity contribution in [3.8, 4) is 5.88 Å². The Morgan fingerprint density at radius 2 is 1.90 bits per heavy atom. The summed E-state index contributed by atoms with van der Waals surface area (Å²) in [4.78, 5) is 25.7. The summed E-state index contributed by atoms with van der Waals surface area (Å²) in [7, 11) is 0. The second kappa shape index (κ2) is 9.80. The molecule has 0 fully saturated rings. The fourth-order valence-electron chi connectivity index (χ4n) is 2.50. The Labute approximate surface area is 178 Å². The molecular formula is C21H19ClN4O4. The monoisotopic (exact) mass is 426 g/mol. The number of hydrogen-bond acceptors (Lipinski definition) is 7. The van der Waals surface area contributed by atoms with E-state index >= 15 is 0 Å². The van der Waals surface area contributed by atoms with Gasteiger partial charge < -0.3 is 9.47 Å². The van der Waals surface area contributed by atoms with Gasteiger partial charge in [0.2, 0.25) is 5.69 Å². The van der Waals surface area contributed by atoms with Crippen molar-refractivity contribution >= 4 is 29.6 Å². The maximum absolute atomic E-state index is 12.4. The van der Waals surface area contributed by atoms with Gasteiger partial charge in [0.15, 0.2) is 12.4 Å². The second-order valence-electron chi connectivity index (χ2n) is 6.17. The molecule has 0 aliphatic rings. The van der Waals surface area contributed by atoms with E-state index in [1.165, 1.54) is 0 Å². The van der Waals surface area contributed by atoms with Crippen molar-refractivity contribution in [2.75, 3.05) is 13.2 Å². The summed E-state index contributed by atoms with van der Waals surface area (Å²) in [5, 5.41) is 12.4. The SMILES string of the molecule is CCOC(=O)c1nnn(/N=C/c2ccccc2C)c1OCC(=O)c1ccc(Cl)cc1. The van der Waals surface area contributed by atoms with Crippen molar-refractivity contribution < 1.29 is 19.1 Å². The Kier molecular flexibility index (Phi) is 6.92. The lowest BCUT2D eigenvalue weighted by Gasteiger charge is -2.07. The minimum Gasteiger partial charge on any atom is -0.466 e. The number of aromatic nitrogens is 3. The Morgan fingerprint density at radius 1 is 1.17 bits per heavy atom. The van der Waals surface area contributed by atoms with Gasteiger partial charge in [0.1, 0.15) is 0 Å². The topological polar surface area (TPSA) is 95.7 Å². The fraction of sp³-hybridized carbons (Fsp3) is 0.190. The number of ketones is 1. The fourth-order valence-corrected chi connectivity index (χ4v) is 2.62. The molecule has 0 aliphatic heterocycles. The summed E-state index contributed by atoms with van der Waals surface area (Å²) >= 11 is 5.85. The number of aryl methyl sites for hydroxylation is 1. The molecule has 0 spiro atoms. The van der Waals surface area contributed by atoms with E-state index in [2.05, 4.69) is 15.4 Å². The van der Waals surface area contributed by atoms with Crippen molar-refractivity contribution in [2.45, 2.75) is 13.8 Å². The van der Waals surface area contributed by atoms with Crippen LogP contribution in [-0.2, 0) is 4.74 Å². The molecule has 0 saturated carbocycles. The van der Waals surface area contributed by atoms with E-state index < -0.39 is 5.97 Å². The van der Waals surface area contributed by atoms with Crippen LogP contribution in [0.25, 0.3) is 0 Å². The molecule has 8 nitrogen and oxygen atoms in total. The molecule has 2 aromatic carbocycles. The third-order valence-corrected chi connectivity index (χ3v) is 4.34. The van der Waals surface area contributed by atoms with E-state index in [1.807, 2.05) is 31.2 Å². The number of nitrogens with zero attached hydrogens (tertiary/aromatic N) is 4. The second-order valence-corrected chi connectivity index (χ2v) is 6.61. The van der Waals surface area contributed by atoms with Crippen LogP contribution in [-0.4, -0.2) is 46.3 Å². The number of Topliss-reactive ketones (excluding diaryl/α,β-unsaturated/α-hetero) is 1. The van der Waals surface area contributed by atoms with E-state index in [0.29, 0.717) is 10.6 Å². The lowest BCUT2D eigenvalue weighted by atomic mass is 10.1. The van der Waals surface area contributed by atoms with Gasteiger partial charge in [0.25, 0.3) is 5.88 Å². The largest absolute Gasteiger partial charge is 0.466 e. The highest BCUT2D eigenvalue weighted by atomic mass is 35.5. The van der Waals surface area contributed by atoms with Crippen LogP contribution in [0.2, 0.25) is 5.02 Å². The molecule has 0 amide bonds. The summed E-state index contributed by atoms with van der Waals surface area (Å²) in [5.74, 6) is -1.11. The first kappa shape index (κ1) is 21.2. The van der Waals surface area contributed by atoms with Crippen molar-refractivity contribution in [1.29, 1.82) is 0 Å². The summed E-state index contributed by atoms with van der Waals surface area (Å²) in [6.07, 6.45) is 1.56. The molecule has 0 unspecified atom stereocenters. The Balaban J connectivity index is 1.85. The normalized spacial score (nSPS) is 10.9. The number of benzene rings is 2. The van der Waals surface area contributed by atoms with Gasteiger partial charge in [0.05, 0.1) is 12.8 Å². The molecule has 154 valence electrons. The van der Waals surface area contributed by atoms with Gasteiger partial charge in [-0.05, 0) is 54.5 Å². The average Bonchev–Trinajstić information content (AvgIpc) is 3.15. The minimum absolute atomic E-state index is 0.0828. The zero-order valence-corrected chi connectivity index (χ0v) is 17.2. The van der Waals surface area contributed by atoms with Crippen LogP contribution in [0.15, 0.2) is 53.6 Å². The molecule has 0 N–H and O–H groups in total. The Hall–Kier alpha value is -3.52. The third-order valence-electron chi connectivity index (χ3n) is 4.08. The van der Waals surface area contributed by atoms with Crippen LogP contribution < -0.4 is 4.74 Å². The summed E-state index contributed by atoms with van der Waals surface area (Å²) in [5.41, 5.74) is 2.11. The predicted octanol–water partition coefficient (Wildman–Crippen LogP) is 3.56. The summed E-state index contributed by atoms with van der Waals surface area (Å²) in [6.45, 7) is 3.42. The lowest BCUT2D eigenvalue weighted by molar-refractivity contribution is 0.0512. The van der Waals surface area contributed by atoms with E-state index in [-0.39, 0.29) is 30.6 Å². The molecule has 1 aromatic heterocycles. The van der Waals surface area contributed by atoms with Gasteiger partial charge in [-0.25, -0.2) is 4.79 Å². The first-order chi connectivity index (χ1) is 14.5. The van der Waals surface area contributed by atoms with Gasteiger partial charge in [0, 0.05) is 10.6 Å². The van der Waals surface area contributed by atoms with Crippen LogP contribution in [0.3, 0.4) is 0 Å². The highest BCUT2D eigenvalue weighted by Crippen LogP contribution is 2.18. The van der Waals surface area contributed by atoms with Crippen molar-refractivity contribution in [3.63, 3.8) is 0 Å². The molecule has 1 heterocycles. The zero-order chi connectivity index (χ0) is 21.5. The van der Waals surface area contributed by atoms with E-state index in [0.717, 1.165) is 15.9 Å². The first-order valence-electron chi connectivity index (χ1n) is 9.14. The maximum Gasteiger partial charge on any atom is 0.364 e. The highest BCUT2D eigenvalue weighted by molar-refractivity contribution is 6.30. The van der Waals surface area contributed by atoms with Crippen LogP contribution in [0.5, 0.6) is 5.88 Å². The molecule has 3 rings (SSSR count). The summed E-state index contributed by atoms with van der Waals surface area (Å²) < 4.78 is 10.6. The lowest BCUT2D eigenvalue weighted by Crippen LogP contribution is -2.15. The van der Waals surface area contributed by atoms with Gasteiger partial charge in [-0.2, -0.15) is 5.10 Å². The van der Waals surface area contributed by atoms with Crippen LogP contribution in [0, 0.1) is 6.92 Å². The number of carbonyl (C=O) groups excluding carboxylic acids is 2. The molecule has 0 radical (unpaired) electrons. The molecular weight excluding hydrogens is 408 g/mol. The quantitative estimate of drug-likeness (QED) is 0.310. The third kappa shape index (κ3) is 5.09. The Bertz CT molecular complexity index is 1080. The van der Waals surface area contributed by atoms with Gasteiger partial charge >= 0.3 is 5.97 Å². The number of esters is 1. The molecule has 0 bridgehead atoms. The number of hydrogen-bond donors (Lipinski definition) is 0. The Morgan fingerprint density at radius 3 is 2.60 bits per heavy atom. The standard InChI is InChI=1S/C21H19ClN4O4/c1-3-29-21(28)19-20(30-13-18(27)15-8-10-17(22)11-9-15)26(25-24-19)23-12-16-7-5-4-6-14(16)2/h4-12H,3,13H2,1-2H3/b23-12+. The van der Waals surface area contributed by atoms with Crippen LogP contribution >= 0.6 is 11.6 Å². The van der Waals surface area contributed by atoms with Crippen molar-refractivity contribution in [2.24, 2.45) is 5.10 Å². The van der Waals surface area contributed by atoms with E-state index in [9.17, 15) is 9.59 Å². The number of halogens is 1. The first-order valence-corrected chi connectivity index (χ1v) is 9.51. The molecule has 30 heavy (non-hydrogen) atoms. The predicted molar refractivity (Wildman–Crippen MR) is 111 cm³/mol. The number of ether oxygens (including phenoxy) is 2. The molecule has 0 atom stereocenters. The van der Waals surface area contributed by atoms with E-state index in [4.69, 9.17) is 21.1 Å². The molecule has 9 heteroatoms. The maximum atomic E-state index is 12.4. The number of rotatable bonds is 8. The minimum atomic E-state index is -0.719. The molecule has 3 aromatic rings. The average molecular weight is 427 g/mol. The van der Waals surface area contributed by atoms with Crippen LogP contribution in [0.4, 0.5) is 0 Å². The van der Waals surface area contributed by atoms with Crippen molar-refractivity contribution in [1.82, 2.24) is 15.1 Å². The highest BCUT2D eigenvalue weighted by Gasteiger charge is 2.24. The van der Waals surface area contributed by atoms with Crippen LogP contribution in [0.1, 0.15) is 38.9 Å². The van der Waals surface area contributed by atoms with Gasteiger partial charge in [-0.1, -0.05) is 40.7 Å². The van der Waals surface area contributed by atoms with E-state index in [1.54, 1.807) is 37.4 Å². The van der Waals surface area contributed by atoms with Gasteiger partial charge in [-0.3, -0.25) is 4.79 Å². The van der Waals surface area contributed by atoms with Crippen molar-refractivity contribution in [3.05, 3.63) is 75.9 Å². The molecule has 0 saturated heterocycles. The summed E-state index contributed by atoms with van der Waals surface area (Å²) in [6, 6.07) is 14.0. The number of carbonyl (C=O) groups is 2.